The fourth-order valence-corrected chi connectivity index (χ4v) is 4.84. The van der Waals surface area contributed by atoms with E-state index in [-0.39, 0.29) is 29.5 Å². The van der Waals surface area contributed by atoms with Gasteiger partial charge in [-0.25, -0.2) is 12.8 Å². The Morgan fingerprint density at radius 3 is 2.26 bits per heavy atom. The molecule has 2 aromatic rings. The molecule has 1 fully saturated rings. The average molecular weight is 458 g/mol. The lowest BCUT2D eigenvalue weighted by atomic mass is 10.2. The van der Waals surface area contributed by atoms with E-state index in [2.05, 4.69) is 10.0 Å². The lowest BCUT2D eigenvalue weighted by Gasteiger charge is -2.38. The molecule has 1 atom stereocenters. The van der Waals surface area contributed by atoms with Crippen molar-refractivity contribution in [2.24, 2.45) is 0 Å². The molecule has 2 aromatic carbocycles. The minimum atomic E-state index is -4.65. The molecule has 2 heterocycles. The molecule has 1 saturated heterocycles. The SMILES string of the molecule is O=C([C@@H]1Nc2cc(C(F)(F)F)ccc2S(=O)(=O)N1)N1CCN(c2ccc(F)cc2)CC1. The molecule has 0 spiro atoms. The number of nitrogens with zero attached hydrogens (tertiary/aromatic N) is 2. The molecule has 0 bridgehead atoms. The zero-order valence-corrected chi connectivity index (χ0v) is 16.8. The summed E-state index contributed by atoms with van der Waals surface area (Å²) < 4.78 is 79.2. The number of nitrogens with one attached hydrogen (secondary N) is 2. The maximum atomic E-state index is 13.1. The Bertz CT molecular complexity index is 1100. The summed E-state index contributed by atoms with van der Waals surface area (Å²) in [5, 5.41) is 2.57. The minimum Gasteiger partial charge on any atom is -0.368 e. The van der Waals surface area contributed by atoms with Crippen LogP contribution >= 0.6 is 0 Å². The molecule has 31 heavy (non-hydrogen) atoms. The number of anilines is 2. The number of fused-ring (bicyclic) bond motifs is 1. The first-order chi connectivity index (χ1) is 14.5. The van der Waals surface area contributed by atoms with Gasteiger partial charge in [-0.3, -0.25) is 4.79 Å². The van der Waals surface area contributed by atoms with Crippen molar-refractivity contribution in [3.05, 3.63) is 53.8 Å². The van der Waals surface area contributed by atoms with Gasteiger partial charge in [0.1, 0.15) is 10.7 Å². The van der Waals surface area contributed by atoms with Gasteiger partial charge in [0, 0.05) is 31.9 Å². The number of carbonyl (C=O) groups excluding carboxylic acids is 1. The Morgan fingerprint density at radius 2 is 1.65 bits per heavy atom. The van der Waals surface area contributed by atoms with E-state index in [1.807, 2.05) is 4.90 Å². The predicted octanol–water partition coefficient (Wildman–Crippen LogP) is 2.22. The number of carbonyl (C=O) groups is 1. The minimum absolute atomic E-state index is 0.269. The van der Waals surface area contributed by atoms with Crippen LogP contribution in [0.15, 0.2) is 47.4 Å². The van der Waals surface area contributed by atoms with Crippen molar-refractivity contribution in [2.75, 3.05) is 36.4 Å². The van der Waals surface area contributed by atoms with Gasteiger partial charge < -0.3 is 15.1 Å². The summed E-state index contributed by atoms with van der Waals surface area (Å²) in [6.07, 6.45) is -6.07. The van der Waals surface area contributed by atoms with Crippen molar-refractivity contribution in [1.29, 1.82) is 0 Å². The predicted molar refractivity (Wildman–Crippen MR) is 104 cm³/mol. The van der Waals surface area contributed by atoms with E-state index in [0.717, 1.165) is 11.8 Å². The van der Waals surface area contributed by atoms with E-state index in [4.69, 9.17) is 0 Å². The van der Waals surface area contributed by atoms with Crippen LogP contribution in [0.1, 0.15) is 5.56 Å². The van der Waals surface area contributed by atoms with Gasteiger partial charge in [0.15, 0.2) is 6.17 Å². The molecule has 0 aromatic heterocycles. The highest BCUT2D eigenvalue weighted by molar-refractivity contribution is 7.89. The van der Waals surface area contributed by atoms with Gasteiger partial charge in [-0.15, -0.1) is 0 Å². The van der Waals surface area contributed by atoms with Gasteiger partial charge in [-0.1, -0.05) is 0 Å². The number of halogens is 4. The summed E-state index contributed by atoms with van der Waals surface area (Å²) in [6, 6.07) is 8.13. The quantitative estimate of drug-likeness (QED) is 0.675. The second-order valence-electron chi connectivity index (χ2n) is 7.20. The third-order valence-corrected chi connectivity index (χ3v) is 6.68. The second kappa shape index (κ2) is 7.68. The van der Waals surface area contributed by atoms with E-state index < -0.39 is 33.8 Å². The zero-order chi connectivity index (χ0) is 22.4. The number of piperazine rings is 1. The third-order valence-electron chi connectivity index (χ3n) is 5.20. The van der Waals surface area contributed by atoms with Crippen molar-refractivity contribution in [3.8, 4) is 0 Å². The molecule has 0 unspecified atom stereocenters. The number of amides is 1. The van der Waals surface area contributed by atoms with Crippen molar-refractivity contribution in [1.82, 2.24) is 9.62 Å². The maximum Gasteiger partial charge on any atom is 0.416 e. The van der Waals surface area contributed by atoms with E-state index in [0.29, 0.717) is 25.2 Å². The summed E-state index contributed by atoms with van der Waals surface area (Å²) >= 11 is 0. The summed E-state index contributed by atoms with van der Waals surface area (Å²) in [4.78, 5) is 15.9. The van der Waals surface area contributed by atoms with E-state index in [9.17, 15) is 30.8 Å². The molecular formula is C19H18F4N4O3S. The Hall–Kier alpha value is -2.86. The highest BCUT2D eigenvalue weighted by atomic mass is 32.2. The van der Waals surface area contributed by atoms with E-state index >= 15 is 0 Å². The monoisotopic (exact) mass is 458 g/mol. The molecule has 2 aliphatic rings. The van der Waals surface area contributed by atoms with Gasteiger partial charge in [0.2, 0.25) is 10.0 Å². The van der Waals surface area contributed by atoms with Gasteiger partial charge in [0.05, 0.1) is 11.3 Å². The summed E-state index contributed by atoms with van der Waals surface area (Å²) in [5.74, 6) is -0.951. The Kier molecular flexibility index (Phi) is 5.30. The molecule has 2 aliphatic heterocycles. The largest absolute Gasteiger partial charge is 0.416 e. The number of hydrogen-bond acceptors (Lipinski definition) is 5. The Balaban J connectivity index is 1.48. The van der Waals surface area contributed by atoms with Crippen LogP contribution in [0.4, 0.5) is 28.9 Å². The molecule has 0 radical (unpaired) electrons. The summed E-state index contributed by atoms with van der Waals surface area (Å²) in [6.45, 7) is 1.41. The van der Waals surface area contributed by atoms with Crippen LogP contribution in [0.2, 0.25) is 0 Å². The van der Waals surface area contributed by atoms with Gasteiger partial charge in [-0.05, 0) is 42.5 Å². The molecule has 166 valence electrons. The van der Waals surface area contributed by atoms with Crippen LogP contribution in [0.5, 0.6) is 0 Å². The smallest absolute Gasteiger partial charge is 0.368 e. The van der Waals surface area contributed by atoms with Crippen LogP contribution in [-0.4, -0.2) is 51.6 Å². The number of alkyl halides is 3. The molecule has 0 aliphatic carbocycles. The van der Waals surface area contributed by atoms with Crippen molar-refractivity contribution in [3.63, 3.8) is 0 Å². The van der Waals surface area contributed by atoms with Crippen LogP contribution in [0, 0.1) is 5.82 Å². The third kappa shape index (κ3) is 4.30. The number of sulfonamides is 1. The van der Waals surface area contributed by atoms with Crippen LogP contribution < -0.4 is 14.9 Å². The molecule has 2 N–H and O–H groups in total. The molecule has 7 nitrogen and oxygen atoms in total. The fourth-order valence-electron chi connectivity index (χ4n) is 3.59. The number of rotatable bonds is 2. The highest BCUT2D eigenvalue weighted by Gasteiger charge is 2.38. The number of benzene rings is 2. The first-order valence-corrected chi connectivity index (χ1v) is 10.8. The maximum absolute atomic E-state index is 13.1. The van der Waals surface area contributed by atoms with Crippen LogP contribution in [0.3, 0.4) is 0 Å². The molecule has 4 rings (SSSR count). The first-order valence-electron chi connectivity index (χ1n) is 9.34. The average Bonchev–Trinajstić information content (AvgIpc) is 2.72. The van der Waals surface area contributed by atoms with Gasteiger partial charge in [0.25, 0.3) is 5.91 Å². The van der Waals surface area contributed by atoms with Crippen molar-refractivity contribution < 1.29 is 30.8 Å². The Labute approximate surface area is 175 Å². The topological polar surface area (TPSA) is 81.7 Å². The van der Waals surface area contributed by atoms with Crippen molar-refractivity contribution in [2.45, 2.75) is 17.2 Å². The number of hydrogen-bond donors (Lipinski definition) is 2. The van der Waals surface area contributed by atoms with E-state index in [1.54, 1.807) is 12.1 Å². The molecule has 0 saturated carbocycles. The lowest BCUT2D eigenvalue weighted by Crippen LogP contribution is -2.58. The second-order valence-corrected chi connectivity index (χ2v) is 8.88. The molecular weight excluding hydrogens is 440 g/mol. The lowest BCUT2D eigenvalue weighted by molar-refractivity contribution is -0.137. The van der Waals surface area contributed by atoms with Crippen LogP contribution in [-0.2, 0) is 21.0 Å². The normalized spacial score (nSPS) is 20.7. The molecule has 1 amide bonds. The molecule has 12 heteroatoms. The zero-order valence-electron chi connectivity index (χ0n) is 16.0. The van der Waals surface area contributed by atoms with Crippen LogP contribution in [0.25, 0.3) is 0 Å². The fraction of sp³-hybridized carbons (Fsp3) is 0.316. The van der Waals surface area contributed by atoms with Gasteiger partial charge >= 0.3 is 6.18 Å². The van der Waals surface area contributed by atoms with Crippen molar-refractivity contribution >= 4 is 27.3 Å². The first kappa shape index (κ1) is 21.4. The van der Waals surface area contributed by atoms with E-state index in [1.165, 1.54) is 17.0 Å². The Morgan fingerprint density at radius 1 is 1.00 bits per heavy atom. The summed E-state index contributed by atoms with van der Waals surface area (Å²) in [5.41, 5.74) is -0.509. The highest BCUT2D eigenvalue weighted by Crippen LogP contribution is 2.35. The summed E-state index contributed by atoms with van der Waals surface area (Å²) in [7, 11) is -4.17. The standard InChI is InChI=1S/C19H18F4N4O3S/c20-13-2-4-14(5-3-13)26-7-9-27(10-8-26)18(28)17-24-15-11-12(19(21,22)23)1-6-16(15)31(29,30)25-17/h1-6,11,17,24-25H,7-10H2/t17-/m1/s1. The van der Waals surface area contributed by atoms with Gasteiger partial charge in [-0.2, -0.15) is 17.9 Å².